The van der Waals surface area contributed by atoms with Crippen LogP contribution in [0.1, 0.15) is 0 Å². The summed E-state index contributed by atoms with van der Waals surface area (Å²) in [6.45, 7) is 3.76. The van der Waals surface area contributed by atoms with E-state index in [9.17, 15) is 0 Å². The van der Waals surface area contributed by atoms with Crippen molar-refractivity contribution in [1.82, 2.24) is 4.90 Å². The first-order valence-corrected chi connectivity index (χ1v) is 4.97. The Morgan fingerprint density at radius 3 is 1.57 bits per heavy atom. The topological polar surface area (TPSA) is 133 Å². The van der Waals surface area contributed by atoms with Crippen LogP contribution in [0.5, 0.6) is 0 Å². The Bertz CT molecular complexity index is 119. The van der Waals surface area contributed by atoms with Gasteiger partial charge in [0.15, 0.2) is 0 Å². The van der Waals surface area contributed by atoms with Crippen molar-refractivity contribution in [3.8, 4) is 0 Å². The fourth-order valence-corrected chi connectivity index (χ4v) is 1.25. The molecule has 0 aromatic rings. The second-order valence-corrected chi connectivity index (χ2v) is 3.54. The zero-order valence-electron chi connectivity index (χ0n) is 8.73. The van der Waals surface area contributed by atoms with Crippen LogP contribution in [0, 0.1) is 0 Å². The van der Waals surface area contributed by atoms with Crippen LogP contribution in [0.4, 0.5) is 0 Å². The second-order valence-electron chi connectivity index (χ2n) is 3.54. The average molecular weight is 204 g/mol. The predicted molar refractivity (Wildman–Crippen MR) is 59.6 cm³/mol. The molecule has 6 heteroatoms. The van der Waals surface area contributed by atoms with E-state index in [0.717, 1.165) is 19.6 Å². The summed E-state index contributed by atoms with van der Waals surface area (Å²) in [7, 11) is 0. The van der Waals surface area contributed by atoms with Gasteiger partial charge in [-0.15, -0.1) is 0 Å². The summed E-state index contributed by atoms with van der Waals surface area (Å²) in [5.41, 5.74) is 27.8. The van der Waals surface area contributed by atoms with Crippen LogP contribution in [0.25, 0.3) is 0 Å². The molecule has 0 aromatic heterocycles. The van der Waals surface area contributed by atoms with Gasteiger partial charge in [0.05, 0.1) is 0 Å². The lowest BCUT2D eigenvalue weighted by Crippen LogP contribution is -2.49. The van der Waals surface area contributed by atoms with Crippen molar-refractivity contribution in [2.24, 2.45) is 28.7 Å². The third-order valence-electron chi connectivity index (χ3n) is 2.04. The molecular weight excluding hydrogens is 180 g/mol. The van der Waals surface area contributed by atoms with Gasteiger partial charge in [-0.05, 0) is 0 Å². The first-order chi connectivity index (χ1) is 6.63. The molecule has 0 spiro atoms. The maximum Gasteiger partial charge on any atom is 0.0292 e. The van der Waals surface area contributed by atoms with Crippen LogP contribution in [0.3, 0.4) is 0 Å². The van der Waals surface area contributed by atoms with E-state index in [-0.39, 0.29) is 12.1 Å². The normalized spacial score (nSPS) is 15.9. The third-order valence-corrected chi connectivity index (χ3v) is 2.04. The van der Waals surface area contributed by atoms with E-state index >= 15 is 0 Å². The molecule has 6 nitrogen and oxygen atoms in total. The van der Waals surface area contributed by atoms with E-state index in [1.807, 2.05) is 0 Å². The molecule has 10 N–H and O–H groups in total. The summed E-state index contributed by atoms with van der Waals surface area (Å²) in [4.78, 5) is 2.11. The smallest absolute Gasteiger partial charge is 0.0292 e. The molecule has 0 heterocycles. The van der Waals surface area contributed by atoms with Gasteiger partial charge >= 0.3 is 0 Å². The second kappa shape index (κ2) is 8.10. The largest absolute Gasteiger partial charge is 0.329 e. The lowest BCUT2D eigenvalue weighted by molar-refractivity contribution is 0.250. The Morgan fingerprint density at radius 2 is 1.29 bits per heavy atom. The Kier molecular flexibility index (Phi) is 7.96. The molecule has 0 aliphatic carbocycles. The summed E-state index contributed by atoms with van der Waals surface area (Å²) < 4.78 is 0. The third kappa shape index (κ3) is 6.25. The quantitative estimate of drug-likeness (QED) is 0.283. The van der Waals surface area contributed by atoms with E-state index < -0.39 is 0 Å². The fraction of sp³-hybridized carbons (Fsp3) is 1.00. The highest BCUT2D eigenvalue weighted by molar-refractivity contribution is 4.74. The molecule has 0 aliphatic rings. The average Bonchev–Trinajstić information content (AvgIpc) is 2.17. The van der Waals surface area contributed by atoms with Crippen LogP contribution in [0.15, 0.2) is 0 Å². The summed E-state index contributed by atoms with van der Waals surface area (Å²) in [6.07, 6.45) is 0. The molecule has 0 amide bonds. The Morgan fingerprint density at radius 1 is 0.857 bits per heavy atom. The van der Waals surface area contributed by atoms with Crippen LogP contribution < -0.4 is 28.7 Å². The molecule has 86 valence electrons. The van der Waals surface area contributed by atoms with Crippen LogP contribution in [-0.2, 0) is 0 Å². The van der Waals surface area contributed by atoms with Crippen molar-refractivity contribution in [2.75, 3.05) is 39.3 Å². The monoisotopic (exact) mass is 204 g/mol. The summed E-state index contributed by atoms with van der Waals surface area (Å²) in [5, 5.41) is 0. The van der Waals surface area contributed by atoms with Crippen molar-refractivity contribution in [2.45, 2.75) is 12.1 Å². The first-order valence-electron chi connectivity index (χ1n) is 4.97. The summed E-state index contributed by atoms with van der Waals surface area (Å²) in [5.74, 6) is 0. The van der Waals surface area contributed by atoms with Crippen molar-refractivity contribution >= 4 is 0 Å². The molecule has 2 atom stereocenters. The van der Waals surface area contributed by atoms with Gasteiger partial charge in [-0.2, -0.15) is 0 Å². The van der Waals surface area contributed by atoms with Gasteiger partial charge in [-0.25, -0.2) is 0 Å². The maximum atomic E-state index is 5.74. The highest BCUT2D eigenvalue weighted by Gasteiger charge is 2.11. The molecule has 0 aliphatic heterocycles. The lowest BCUT2D eigenvalue weighted by Gasteiger charge is -2.26. The van der Waals surface area contributed by atoms with Crippen LogP contribution in [-0.4, -0.2) is 56.3 Å². The predicted octanol–water partition coefficient (Wildman–Crippen LogP) is -3.18. The summed E-state index contributed by atoms with van der Waals surface area (Å²) in [6, 6.07) is -0.0435. The molecule has 0 rings (SSSR count). The Balaban J connectivity index is 3.88. The minimum Gasteiger partial charge on any atom is -0.329 e. The first kappa shape index (κ1) is 13.8. The van der Waals surface area contributed by atoms with Gasteiger partial charge in [-0.3, -0.25) is 4.90 Å². The van der Waals surface area contributed by atoms with Gasteiger partial charge in [-0.1, -0.05) is 0 Å². The van der Waals surface area contributed by atoms with E-state index in [2.05, 4.69) is 4.90 Å². The van der Waals surface area contributed by atoms with Crippen molar-refractivity contribution < 1.29 is 0 Å². The van der Waals surface area contributed by atoms with E-state index in [0.29, 0.717) is 19.6 Å². The number of hydrogen-bond acceptors (Lipinski definition) is 6. The highest BCUT2D eigenvalue weighted by atomic mass is 15.2. The van der Waals surface area contributed by atoms with Crippen molar-refractivity contribution in [1.29, 1.82) is 0 Å². The van der Waals surface area contributed by atoms with Gasteiger partial charge in [0.2, 0.25) is 0 Å². The van der Waals surface area contributed by atoms with Gasteiger partial charge in [0, 0.05) is 51.4 Å². The lowest BCUT2D eigenvalue weighted by atomic mass is 10.2. The number of hydrogen-bond donors (Lipinski definition) is 5. The molecule has 0 radical (unpaired) electrons. The minimum absolute atomic E-state index is 0.0217. The highest BCUT2D eigenvalue weighted by Crippen LogP contribution is 1.91. The van der Waals surface area contributed by atoms with Gasteiger partial charge in [0.1, 0.15) is 0 Å². The van der Waals surface area contributed by atoms with Crippen molar-refractivity contribution in [3.63, 3.8) is 0 Å². The van der Waals surface area contributed by atoms with E-state index in [1.165, 1.54) is 0 Å². The van der Waals surface area contributed by atoms with E-state index in [4.69, 9.17) is 28.7 Å². The standard InChI is InChI=1S/C8H24N6/c9-1-2-14(5-7(12)3-10)6-8(13)4-11/h7-8H,1-6,9-13H2. The zero-order valence-corrected chi connectivity index (χ0v) is 8.73. The molecule has 14 heavy (non-hydrogen) atoms. The van der Waals surface area contributed by atoms with Crippen molar-refractivity contribution in [3.05, 3.63) is 0 Å². The zero-order chi connectivity index (χ0) is 11.0. The molecule has 0 bridgehead atoms. The molecule has 0 fully saturated rings. The summed E-state index contributed by atoms with van der Waals surface area (Å²) >= 11 is 0. The number of nitrogens with two attached hydrogens (primary N) is 5. The number of rotatable bonds is 8. The molecule has 2 unspecified atom stereocenters. The molecule has 0 aromatic carbocycles. The van der Waals surface area contributed by atoms with Crippen LogP contribution >= 0.6 is 0 Å². The van der Waals surface area contributed by atoms with Gasteiger partial charge < -0.3 is 28.7 Å². The van der Waals surface area contributed by atoms with E-state index in [1.54, 1.807) is 0 Å². The molecule has 0 saturated heterocycles. The molecule has 0 saturated carbocycles. The van der Waals surface area contributed by atoms with Gasteiger partial charge in [0.25, 0.3) is 0 Å². The number of nitrogens with zero attached hydrogens (tertiary/aromatic N) is 1. The Hall–Kier alpha value is -0.240. The SMILES string of the molecule is NCCN(CC(N)CN)CC(N)CN. The maximum absolute atomic E-state index is 5.74. The minimum atomic E-state index is -0.0217. The van der Waals surface area contributed by atoms with Crippen LogP contribution in [0.2, 0.25) is 0 Å². The molecular formula is C8H24N6. The Labute approximate surface area is 85.8 Å². The fourth-order valence-electron chi connectivity index (χ4n) is 1.25.